The summed E-state index contributed by atoms with van der Waals surface area (Å²) in [5.41, 5.74) is -1.40. The number of alkyl halides is 3. The van der Waals surface area contributed by atoms with Gasteiger partial charge in [-0.2, -0.15) is 13.2 Å². The number of aldehydes is 1. The molecule has 0 aliphatic rings. The fraction of sp³-hybridized carbons (Fsp3) is 0.625. The average molecular weight is 363 g/mol. The molecule has 0 aliphatic heterocycles. The van der Waals surface area contributed by atoms with Crippen molar-refractivity contribution >= 4 is 14.6 Å². The van der Waals surface area contributed by atoms with Crippen LogP contribution in [0.1, 0.15) is 42.4 Å². The number of nitrogens with zero attached hydrogens (tertiary/aromatic N) is 1. The molecule has 0 aromatic carbocycles. The fourth-order valence-corrected chi connectivity index (χ4v) is 2.71. The Balaban J connectivity index is 2.56. The predicted octanol–water partition coefficient (Wildman–Crippen LogP) is 4.45. The zero-order valence-corrected chi connectivity index (χ0v) is 15.7. The molecule has 1 aromatic rings. The molecule has 136 valence electrons. The number of hydrogen-bond donors (Lipinski definition) is 0. The van der Waals surface area contributed by atoms with Gasteiger partial charge in [-0.05, 0) is 29.8 Å². The summed E-state index contributed by atoms with van der Waals surface area (Å²) in [5.74, 6) is 0. The van der Waals surface area contributed by atoms with Crippen LogP contribution in [0.3, 0.4) is 0 Å². The summed E-state index contributed by atoms with van der Waals surface area (Å²) in [6, 6.07) is 0.894. The van der Waals surface area contributed by atoms with E-state index in [2.05, 4.69) is 38.8 Å². The average Bonchev–Trinajstić information content (AvgIpc) is 2.44. The van der Waals surface area contributed by atoms with E-state index in [1.807, 2.05) is 0 Å². The molecule has 0 bridgehead atoms. The third kappa shape index (κ3) is 5.68. The standard InChI is InChI=1S/C16H24F3NO3Si/c1-15(2,3)24(4,5)23-7-6-22-11-12-8-13(16(17,18)19)14(10-21)20-9-12/h8-10H,6-7,11H2,1-5H3. The Morgan fingerprint density at radius 1 is 1.21 bits per heavy atom. The van der Waals surface area contributed by atoms with E-state index >= 15 is 0 Å². The lowest BCUT2D eigenvalue weighted by Gasteiger charge is -2.36. The Hall–Kier alpha value is -1.25. The van der Waals surface area contributed by atoms with E-state index in [0.717, 1.165) is 6.07 Å². The maximum absolute atomic E-state index is 12.8. The van der Waals surface area contributed by atoms with E-state index in [9.17, 15) is 18.0 Å². The molecule has 0 fully saturated rings. The molecule has 0 atom stereocenters. The molecule has 1 heterocycles. The van der Waals surface area contributed by atoms with E-state index in [4.69, 9.17) is 9.16 Å². The van der Waals surface area contributed by atoms with Crippen molar-refractivity contribution in [2.75, 3.05) is 13.2 Å². The van der Waals surface area contributed by atoms with Crippen molar-refractivity contribution in [1.82, 2.24) is 4.98 Å². The molecular formula is C16H24F3NO3Si. The van der Waals surface area contributed by atoms with Crippen LogP contribution in [0.4, 0.5) is 13.2 Å². The SMILES string of the molecule is CC(C)(C)[Si](C)(C)OCCOCc1cnc(C=O)c(C(F)(F)F)c1. The lowest BCUT2D eigenvalue weighted by Crippen LogP contribution is -2.41. The second kappa shape index (κ2) is 7.75. The van der Waals surface area contributed by atoms with Crippen LogP contribution in [0, 0.1) is 0 Å². The van der Waals surface area contributed by atoms with E-state index in [1.54, 1.807) is 0 Å². The van der Waals surface area contributed by atoms with Crippen LogP contribution in [-0.2, 0) is 21.9 Å². The molecule has 0 radical (unpaired) electrons. The van der Waals surface area contributed by atoms with Gasteiger partial charge in [0.25, 0.3) is 0 Å². The first-order valence-electron chi connectivity index (χ1n) is 7.61. The highest BCUT2D eigenvalue weighted by Crippen LogP contribution is 2.36. The number of carbonyl (C=O) groups excluding carboxylic acids is 1. The topological polar surface area (TPSA) is 48.4 Å². The van der Waals surface area contributed by atoms with E-state index < -0.39 is 25.8 Å². The number of hydrogen-bond acceptors (Lipinski definition) is 4. The minimum absolute atomic E-state index is 0.0178. The van der Waals surface area contributed by atoms with Crippen LogP contribution in [-0.4, -0.2) is 32.8 Å². The monoisotopic (exact) mass is 363 g/mol. The normalized spacial score (nSPS) is 13.2. The highest BCUT2D eigenvalue weighted by Gasteiger charge is 2.37. The summed E-state index contributed by atoms with van der Waals surface area (Å²) < 4.78 is 49.8. The van der Waals surface area contributed by atoms with Crippen molar-refractivity contribution in [2.24, 2.45) is 0 Å². The molecule has 0 spiro atoms. The third-order valence-corrected chi connectivity index (χ3v) is 8.70. The van der Waals surface area contributed by atoms with Crippen LogP contribution in [0.25, 0.3) is 0 Å². The number of pyridine rings is 1. The van der Waals surface area contributed by atoms with Crippen LogP contribution >= 0.6 is 0 Å². The minimum Gasteiger partial charge on any atom is -0.414 e. The second-order valence-corrected chi connectivity index (χ2v) is 11.9. The molecule has 0 N–H and O–H groups in total. The van der Waals surface area contributed by atoms with Gasteiger partial charge in [0.15, 0.2) is 14.6 Å². The molecule has 8 heteroatoms. The molecule has 1 aromatic heterocycles. The molecule has 4 nitrogen and oxygen atoms in total. The molecular weight excluding hydrogens is 339 g/mol. The summed E-state index contributed by atoms with van der Waals surface area (Å²) in [6.45, 7) is 11.3. The number of halogens is 3. The number of ether oxygens (including phenoxy) is 1. The Bertz CT molecular complexity index is 569. The van der Waals surface area contributed by atoms with Gasteiger partial charge < -0.3 is 9.16 Å². The zero-order valence-electron chi connectivity index (χ0n) is 14.7. The summed E-state index contributed by atoms with van der Waals surface area (Å²) in [5, 5.41) is 0.0865. The molecule has 0 saturated carbocycles. The van der Waals surface area contributed by atoms with Crippen molar-refractivity contribution in [1.29, 1.82) is 0 Å². The summed E-state index contributed by atoms with van der Waals surface area (Å²) in [4.78, 5) is 14.2. The lowest BCUT2D eigenvalue weighted by molar-refractivity contribution is -0.138. The molecule has 0 saturated heterocycles. The number of rotatable bonds is 7. The first-order valence-corrected chi connectivity index (χ1v) is 10.5. The van der Waals surface area contributed by atoms with Gasteiger partial charge >= 0.3 is 6.18 Å². The van der Waals surface area contributed by atoms with Gasteiger partial charge in [-0.15, -0.1) is 0 Å². The maximum atomic E-state index is 12.8. The largest absolute Gasteiger partial charge is 0.418 e. The first-order chi connectivity index (χ1) is 10.9. The molecule has 24 heavy (non-hydrogen) atoms. The quantitative estimate of drug-likeness (QED) is 0.408. The van der Waals surface area contributed by atoms with Crippen molar-refractivity contribution < 1.29 is 27.1 Å². The van der Waals surface area contributed by atoms with Gasteiger partial charge in [-0.25, -0.2) is 0 Å². The molecule has 0 aliphatic carbocycles. The van der Waals surface area contributed by atoms with Gasteiger partial charge in [-0.3, -0.25) is 9.78 Å². The molecule has 0 unspecified atom stereocenters. The highest BCUT2D eigenvalue weighted by atomic mass is 28.4. The highest BCUT2D eigenvalue weighted by molar-refractivity contribution is 6.74. The van der Waals surface area contributed by atoms with E-state index in [0.29, 0.717) is 6.61 Å². The summed E-state index contributed by atoms with van der Waals surface area (Å²) >= 11 is 0. The van der Waals surface area contributed by atoms with Crippen molar-refractivity contribution in [3.8, 4) is 0 Å². The fourth-order valence-electron chi connectivity index (χ4n) is 1.68. The van der Waals surface area contributed by atoms with Crippen molar-refractivity contribution in [3.05, 3.63) is 29.1 Å². The Morgan fingerprint density at radius 3 is 2.33 bits per heavy atom. The van der Waals surface area contributed by atoms with Crippen LogP contribution < -0.4 is 0 Å². The predicted molar refractivity (Wildman–Crippen MR) is 87.4 cm³/mol. The van der Waals surface area contributed by atoms with Crippen molar-refractivity contribution in [3.63, 3.8) is 0 Å². The van der Waals surface area contributed by atoms with Gasteiger partial charge in [0.2, 0.25) is 0 Å². The molecule has 0 amide bonds. The smallest absolute Gasteiger partial charge is 0.414 e. The van der Waals surface area contributed by atoms with E-state index in [1.165, 1.54) is 6.20 Å². The van der Waals surface area contributed by atoms with Gasteiger partial charge in [0.05, 0.1) is 25.4 Å². The van der Waals surface area contributed by atoms with Crippen LogP contribution in [0.2, 0.25) is 18.1 Å². The third-order valence-electron chi connectivity index (χ3n) is 4.16. The molecule has 1 rings (SSSR count). The second-order valence-electron chi connectivity index (χ2n) is 7.05. The summed E-state index contributed by atoms with van der Waals surface area (Å²) in [6.07, 6.45) is -3.31. The van der Waals surface area contributed by atoms with Crippen LogP contribution in [0.5, 0.6) is 0 Å². The van der Waals surface area contributed by atoms with E-state index in [-0.39, 0.29) is 30.1 Å². The Morgan fingerprint density at radius 2 is 1.83 bits per heavy atom. The Kier molecular flexibility index (Phi) is 6.72. The lowest BCUT2D eigenvalue weighted by atomic mass is 10.1. The maximum Gasteiger partial charge on any atom is 0.418 e. The zero-order chi connectivity index (χ0) is 18.6. The number of carbonyl (C=O) groups is 1. The van der Waals surface area contributed by atoms with Crippen molar-refractivity contribution in [2.45, 2.75) is 51.7 Å². The van der Waals surface area contributed by atoms with Crippen LogP contribution in [0.15, 0.2) is 12.3 Å². The van der Waals surface area contributed by atoms with Gasteiger partial charge in [-0.1, -0.05) is 20.8 Å². The van der Waals surface area contributed by atoms with Gasteiger partial charge in [0, 0.05) is 6.20 Å². The Labute approximate surface area is 141 Å². The van der Waals surface area contributed by atoms with Gasteiger partial charge in [0.1, 0.15) is 5.69 Å². The minimum atomic E-state index is -4.62. The summed E-state index contributed by atoms with van der Waals surface area (Å²) in [7, 11) is -1.86. The first kappa shape index (κ1) is 20.8. The number of aromatic nitrogens is 1.